The van der Waals surface area contributed by atoms with Gasteiger partial charge in [0.1, 0.15) is 0 Å². The minimum absolute atomic E-state index is 0. The van der Waals surface area contributed by atoms with Crippen molar-refractivity contribution >= 4 is 18.3 Å². The van der Waals surface area contributed by atoms with Crippen LogP contribution < -0.4 is 5.32 Å². The van der Waals surface area contributed by atoms with Gasteiger partial charge in [-0.3, -0.25) is 4.79 Å². The zero-order valence-corrected chi connectivity index (χ0v) is 11.1. The van der Waals surface area contributed by atoms with Crippen LogP contribution in [-0.4, -0.2) is 30.9 Å². The second-order valence-corrected chi connectivity index (χ2v) is 4.48. The molecule has 3 nitrogen and oxygen atoms in total. The Morgan fingerprint density at radius 1 is 1.41 bits per heavy atom. The highest BCUT2D eigenvalue weighted by atomic mass is 35.5. The van der Waals surface area contributed by atoms with Gasteiger partial charge in [-0.25, -0.2) is 0 Å². The van der Waals surface area contributed by atoms with E-state index in [1.807, 2.05) is 24.1 Å². The molecule has 4 heteroatoms. The van der Waals surface area contributed by atoms with Crippen LogP contribution in [0.5, 0.6) is 0 Å². The summed E-state index contributed by atoms with van der Waals surface area (Å²) in [6.45, 7) is 4.45. The molecule has 0 aromatic heterocycles. The van der Waals surface area contributed by atoms with E-state index in [4.69, 9.17) is 0 Å². The standard InChI is InChI=1S/C13H18N2O.ClH/c1-10-5-3-4-6-11(10)9-15(2)13(16)12-7-14-8-12;/h3-6,12,14H,7-9H2,1-2H3;1H. The van der Waals surface area contributed by atoms with E-state index >= 15 is 0 Å². The predicted molar refractivity (Wildman–Crippen MR) is 71.3 cm³/mol. The molecule has 1 aromatic carbocycles. The average Bonchev–Trinajstić information content (AvgIpc) is 2.18. The maximum Gasteiger partial charge on any atom is 0.228 e. The Bertz CT molecular complexity index is 391. The van der Waals surface area contributed by atoms with Gasteiger partial charge in [-0.05, 0) is 18.1 Å². The van der Waals surface area contributed by atoms with Crippen LogP contribution in [0, 0.1) is 12.8 Å². The normalized spacial score (nSPS) is 14.7. The molecule has 1 fully saturated rings. The second-order valence-electron chi connectivity index (χ2n) is 4.48. The molecule has 1 N–H and O–H groups in total. The van der Waals surface area contributed by atoms with Gasteiger partial charge in [0.2, 0.25) is 5.91 Å². The molecule has 0 atom stereocenters. The molecule has 0 unspecified atom stereocenters. The highest BCUT2D eigenvalue weighted by molar-refractivity contribution is 5.85. The van der Waals surface area contributed by atoms with Crippen molar-refractivity contribution in [3.05, 3.63) is 35.4 Å². The van der Waals surface area contributed by atoms with Gasteiger partial charge in [0, 0.05) is 26.7 Å². The van der Waals surface area contributed by atoms with Crippen molar-refractivity contribution in [1.82, 2.24) is 10.2 Å². The van der Waals surface area contributed by atoms with E-state index in [9.17, 15) is 4.79 Å². The first kappa shape index (κ1) is 14.0. The van der Waals surface area contributed by atoms with Crippen LogP contribution in [0.1, 0.15) is 11.1 Å². The van der Waals surface area contributed by atoms with Crippen LogP contribution in [0.4, 0.5) is 0 Å². The lowest BCUT2D eigenvalue weighted by molar-refractivity contribution is -0.136. The number of rotatable bonds is 3. The third kappa shape index (κ3) is 3.20. The molecule has 0 bridgehead atoms. The van der Waals surface area contributed by atoms with Crippen LogP contribution >= 0.6 is 12.4 Å². The summed E-state index contributed by atoms with van der Waals surface area (Å²) in [4.78, 5) is 13.8. The predicted octanol–water partition coefficient (Wildman–Crippen LogP) is 1.59. The molecule has 1 aliphatic heterocycles. The highest BCUT2D eigenvalue weighted by Crippen LogP contribution is 2.13. The zero-order valence-electron chi connectivity index (χ0n) is 10.3. The van der Waals surface area contributed by atoms with Crippen LogP contribution in [-0.2, 0) is 11.3 Å². The Morgan fingerprint density at radius 2 is 2.06 bits per heavy atom. The molecule has 0 aliphatic carbocycles. The fourth-order valence-corrected chi connectivity index (χ4v) is 1.90. The molecule has 17 heavy (non-hydrogen) atoms. The first-order chi connectivity index (χ1) is 7.68. The monoisotopic (exact) mass is 254 g/mol. The summed E-state index contributed by atoms with van der Waals surface area (Å²) >= 11 is 0. The van der Waals surface area contributed by atoms with E-state index in [0.29, 0.717) is 6.54 Å². The van der Waals surface area contributed by atoms with Gasteiger partial charge >= 0.3 is 0 Å². The molecular weight excluding hydrogens is 236 g/mol. The van der Waals surface area contributed by atoms with Crippen LogP contribution in [0.3, 0.4) is 0 Å². The topological polar surface area (TPSA) is 32.3 Å². The average molecular weight is 255 g/mol. The van der Waals surface area contributed by atoms with Crippen molar-refractivity contribution in [2.45, 2.75) is 13.5 Å². The van der Waals surface area contributed by atoms with Crippen molar-refractivity contribution < 1.29 is 4.79 Å². The highest BCUT2D eigenvalue weighted by Gasteiger charge is 2.27. The van der Waals surface area contributed by atoms with Gasteiger partial charge in [0.25, 0.3) is 0 Å². The van der Waals surface area contributed by atoms with E-state index in [2.05, 4.69) is 24.4 Å². The minimum Gasteiger partial charge on any atom is -0.341 e. The fourth-order valence-electron chi connectivity index (χ4n) is 1.90. The minimum atomic E-state index is 0. The van der Waals surface area contributed by atoms with Crippen LogP contribution in [0.15, 0.2) is 24.3 Å². The summed E-state index contributed by atoms with van der Waals surface area (Å²) in [5.74, 6) is 0.441. The number of aryl methyl sites for hydroxylation is 1. The molecule has 1 saturated heterocycles. The van der Waals surface area contributed by atoms with Crippen molar-refractivity contribution in [3.8, 4) is 0 Å². The lowest BCUT2D eigenvalue weighted by Gasteiger charge is -2.30. The number of carbonyl (C=O) groups excluding carboxylic acids is 1. The Labute approximate surface area is 109 Å². The molecule has 0 saturated carbocycles. The number of halogens is 1. The lowest BCUT2D eigenvalue weighted by Crippen LogP contribution is -2.51. The summed E-state index contributed by atoms with van der Waals surface area (Å²) in [6.07, 6.45) is 0. The number of nitrogens with one attached hydrogen (secondary N) is 1. The zero-order chi connectivity index (χ0) is 11.5. The molecule has 1 heterocycles. The third-order valence-electron chi connectivity index (χ3n) is 3.18. The van der Waals surface area contributed by atoms with Crippen molar-refractivity contribution in [2.75, 3.05) is 20.1 Å². The Balaban J connectivity index is 0.00000144. The summed E-state index contributed by atoms with van der Waals surface area (Å²) in [7, 11) is 1.88. The van der Waals surface area contributed by atoms with E-state index in [1.54, 1.807) is 0 Å². The van der Waals surface area contributed by atoms with E-state index < -0.39 is 0 Å². The summed E-state index contributed by atoms with van der Waals surface area (Å²) in [5.41, 5.74) is 2.47. The molecular formula is C13H19ClN2O. The summed E-state index contributed by atoms with van der Waals surface area (Å²) in [6, 6.07) is 8.21. The Hall–Kier alpha value is -1.06. The van der Waals surface area contributed by atoms with Gasteiger partial charge < -0.3 is 10.2 Å². The number of amides is 1. The van der Waals surface area contributed by atoms with E-state index in [-0.39, 0.29) is 24.2 Å². The van der Waals surface area contributed by atoms with Crippen molar-refractivity contribution in [1.29, 1.82) is 0 Å². The number of hydrogen-bond donors (Lipinski definition) is 1. The smallest absolute Gasteiger partial charge is 0.228 e. The second kappa shape index (κ2) is 6.03. The number of hydrogen-bond acceptors (Lipinski definition) is 2. The fraction of sp³-hybridized carbons (Fsp3) is 0.462. The number of carbonyl (C=O) groups is 1. The molecule has 94 valence electrons. The maximum atomic E-state index is 11.9. The van der Waals surface area contributed by atoms with Gasteiger partial charge in [-0.1, -0.05) is 24.3 Å². The van der Waals surface area contributed by atoms with Gasteiger partial charge in [-0.2, -0.15) is 0 Å². The summed E-state index contributed by atoms with van der Waals surface area (Å²) in [5, 5.41) is 3.12. The summed E-state index contributed by atoms with van der Waals surface area (Å²) < 4.78 is 0. The van der Waals surface area contributed by atoms with Gasteiger partial charge in [-0.15, -0.1) is 12.4 Å². The first-order valence-electron chi connectivity index (χ1n) is 5.68. The van der Waals surface area contributed by atoms with Gasteiger partial charge in [0.15, 0.2) is 0 Å². The largest absolute Gasteiger partial charge is 0.341 e. The maximum absolute atomic E-state index is 11.9. The SMILES string of the molecule is Cc1ccccc1CN(C)C(=O)C1CNC1.Cl. The quantitative estimate of drug-likeness (QED) is 0.889. The molecule has 1 aromatic rings. The molecule has 1 amide bonds. The molecule has 0 spiro atoms. The van der Waals surface area contributed by atoms with Crippen molar-refractivity contribution in [3.63, 3.8) is 0 Å². The van der Waals surface area contributed by atoms with Crippen LogP contribution in [0.25, 0.3) is 0 Å². The Kier molecular flexibility index (Phi) is 4.97. The lowest BCUT2D eigenvalue weighted by atomic mass is 10.0. The van der Waals surface area contributed by atoms with Crippen molar-refractivity contribution in [2.24, 2.45) is 5.92 Å². The number of nitrogens with zero attached hydrogens (tertiary/aromatic N) is 1. The van der Waals surface area contributed by atoms with E-state index in [0.717, 1.165) is 13.1 Å². The third-order valence-corrected chi connectivity index (χ3v) is 3.18. The molecule has 2 rings (SSSR count). The van der Waals surface area contributed by atoms with Gasteiger partial charge in [0.05, 0.1) is 5.92 Å². The van der Waals surface area contributed by atoms with Crippen LogP contribution in [0.2, 0.25) is 0 Å². The molecule has 0 radical (unpaired) electrons. The molecule has 1 aliphatic rings. The first-order valence-corrected chi connectivity index (χ1v) is 5.68. The Morgan fingerprint density at radius 3 is 2.59 bits per heavy atom. The van der Waals surface area contributed by atoms with E-state index in [1.165, 1.54) is 11.1 Å². The number of benzene rings is 1.